The molecule has 1 unspecified atom stereocenters. The number of rotatable bonds is 6. The number of carbonyl (C=O) groups excluding carboxylic acids is 2. The van der Waals surface area contributed by atoms with E-state index in [1.54, 1.807) is 6.92 Å². The van der Waals surface area contributed by atoms with Gasteiger partial charge in [-0.3, -0.25) is 4.90 Å². The monoisotopic (exact) mass is 388 g/mol. The molecule has 2 rings (SSSR count). The van der Waals surface area contributed by atoms with Gasteiger partial charge in [0.15, 0.2) is 0 Å². The van der Waals surface area contributed by atoms with E-state index in [9.17, 15) is 18.0 Å². The minimum absolute atomic E-state index is 0.257. The van der Waals surface area contributed by atoms with Crippen LogP contribution in [-0.4, -0.2) is 81.3 Å². The molecule has 2 aliphatic rings. The highest BCUT2D eigenvalue weighted by Gasteiger charge is 2.32. The molecule has 0 aromatic heterocycles. The lowest BCUT2D eigenvalue weighted by Crippen LogP contribution is -2.52. The Bertz CT molecular complexity index is 676. The lowest BCUT2D eigenvalue weighted by atomic mass is 10.00. The van der Waals surface area contributed by atoms with E-state index >= 15 is 0 Å². The first kappa shape index (κ1) is 20.7. The van der Waals surface area contributed by atoms with Gasteiger partial charge in [-0.15, -0.1) is 0 Å². The van der Waals surface area contributed by atoms with Gasteiger partial charge in [0, 0.05) is 31.9 Å². The van der Waals surface area contributed by atoms with Crippen LogP contribution >= 0.6 is 0 Å². The van der Waals surface area contributed by atoms with Crippen molar-refractivity contribution in [1.29, 1.82) is 0 Å². The Labute approximate surface area is 154 Å². The fraction of sp³-hybridized carbons (Fsp3) is 0.750. The molecule has 9 nitrogen and oxygen atoms in total. The first-order valence-electron chi connectivity index (χ1n) is 8.91. The van der Waals surface area contributed by atoms with Crippen LogP contribution in [0.2, 0.25) is 0 Å². The Morgan fingerprint density at radius 1 is 1.23 bits per heavy atom. The van der Waals surface area contributed by atoms with Crippen LogP contribution in [0.25, 0.3) is 0 Å². The molecule has 1 atom stereocenters. The number of hydrogen-bond acceptors (Lipinski definition) is 6. The molecular formula is C16H28N4O5S. The Balaban J connectivity index is 2.19. The molecular weight excluding hydrogens is 360 g/mol. The SMILES string of the molecule is CCOC(=O)C1=C(CN2CCCN(S(C)(=O)=O)CC2)NC(=O)NC1CC. The molecule has 2 amide bonds. The Hall–Kier alpha value is -1.65. The van der Waals surface area contributed by atoms with E-state index in [4.69, 9.17) is 4.74 Å². The quantitative estimate of drug-likeness (QED) is 0.614. The van der Waals surface area contributed by atoms with Crippen molar-refractivity contribution in [3.63, 3.8) is 0 Å². The van der Waals surface area contributed by atoms with Gasteiger partial charge in [0.1, 0.15) is 0 Å². The zero-order valence-electron chi connectivity index (χ0n) is 15.6. The molecule has 10 heteroatoms. The van der Waals surface area contributed by atoms with Crippen LogP contribution in [0.3, 0.4) is 0 Å². The van der Waals surface area contributed by atoms with Crippen LogP contribution in [-0.2, 0) is 19.6 Å². The first-order chi connectivity index (χ1) is 12.3. The summed E-state index contributed by atoms with van der Waals surface area (Å²) in [6, 6.07) is -0.732. The standard InChI is InChI=1S/C16H28N4O5S/c1-4-12-14(15(21)25-5-2)13(18-16(22)17-12)11-19-7-6-8-20(10-9-19)26(3,23)24/h12H,4-11H2,1-3H3,(H2,17,18,22). The molecule has 0 aromatic rings. The van der Waals surface area contributed by atoms with Crippen molar-refractivity contribution in [3.8, 4) is 0 Å². The average Bonchev–Trinajstić information content (AvgIpc) is 2.79. The van der Waals surface area contributed by atoms with Crippen molar-refractivity contribution in [2.45, 2.75) is 32.7 Å². The summed E-state index contributed by atoms with van der Waals surface area (Å²) in [5.74, 6) is -0.436. The minimum Gasteiger partial charge on any atom is -0.463 e. The smallest absolute Gasteiger partial charge is 0.337 e. The molecule has 148 valence electrons. The summed E-state index contributed by atoms with van der Waals surface area (Å²) in [4.78, 5) is 26.4. The Kier molecular flexibility index (Phi) is 7.01. The summed E-state index contributed by atoms with van der Waals surface area (Å²) in [5, 5.41) is 5.48. The molecule has 0 radical (unpaired) electrons. The summed E-state index contributed by atoms with van der Waals surface area (Å²) >= 11 is 0. The second kappa shape index (κ2) is 8.83. The topological polar surface area (TPSA) is 108 Å². The second-order valence-corrected chi connectivity index (χ2v) is 8.45. The molecule has 0 aromatic carbocycles. The van der Waals surface area contributed by atoms with Crippen LogP contribution in [0.4, 0.5) is 4.79 Å². The third-order valence-electron chi connectivity index (χ3n) is 4.55. The van der Waals surface area contributed by atoms with Crippen molar-refractivity contribution in [2.24, 2.45) is 0 Å². The van der Waals surface area contributed by atoms with Gasteiger partial charge in [0.25, 0.3) is 0 Å². The van der Waals surface area contributed by atoms with E-state index in [0.717, 1.165) is 0 Å². The predicted molar refractivity (Wildman–Crippen MR) is 96.9 cm³/mol. The summed E-state index contributed by atoms with van der Waals surface area (Å²) in [6.45, 7) is 6.35. The summed E-state index contributed by atoms with van der Waals surface area (Å²) in [7, 11) is -3.22. The number of urea groups is 1. The van der Waals surface area contributed by atoms with E-state index in [2.05, 4.69) is 15.5 Å². The molecule has 2 N–H and O–H groups in total. The average molecular weight is 388 g/mol. The van der Waals surface area contributed by atoms with E-state index in [0.29, 0.717) is 56.8 Å². The van der Waals surface area contributed by atoms with Crippen LogP contribution in [0, 0.1) is 0 Å². The maximum Gasteiger partial charge on any atom is 0.337 e. The number of nitrogens with one attached hydrogen (secondary N) is 2. The molecule has 1 saturated heterocycles. The number of hydrogen-bond donors (Lipinski definition) is 2. The van der Waals surface area contributed by atoms with Crippen molar-refractivity contribution in [1.82, 2.24) is 19.8 Å². The fourth-order valence-corrected chi connectivity index (χ4v) is 4.12. The minimum atomic E-state index is -3.22. The van der Waals surface area contributed by atoms with Crippen molar-refractivity contribution in [3.05, 3.63) is 11.3 Å². The number of esters is 1. The van der Waals surface area contributed by atoms with Gasteiger partial charge >= 0.3 is 12.0 Å². The number of ether oxygens (including phenoxy) is 1. The third kappa shape index (κ3) is 5.18. The number of carbonyl (C=O) groups is 2. The molecule has 2 aliphatic heterocycles. The summed E-state index contributed by atoms with van der Waals surface area (Å²) in [5.41, 5.74) is 0.977. The zero-order valence-corrected chi connectivity index (χ0v) is 16.4. The molecule has 0 aliphatic carbocycles. The van der Waals surface area contributed by atoms with E-state index < -0.39 is 22.0 Å². The molecule has 1 fully saturated rings. The Morgan fingerprint density at radius 2 is 1.96 bits per heavy atom. The van der Waals surface area contributed by atoms with E-state index in [-0.39, 0.29) is 12.6 Å². The number of sulfonamides is 1. The highest BCUT2D eigenvalue weighted by atomic mass is 32.2. The van der Waals surface area contributed by atoms with Crippen LogP contribution in [0.5, 0.6) is 0 Å². The second-order valence-electron chi connectivity index (χ2n) is 6.46. The Morgan fingerprint density at radius 3 is 2.58 bits per heavy atom. The normalized spacial score (nSPS) is 23.2. The van der Waals surface area contributed by atoms with Crippen LogP contribution in [0.1, 0.15) is 26.7 Å². The lowest BCUT2D eigenvalue weighted by molar-refractivity contribution is -0.139. The van der Waals surface area contributed by atoms with Crippen molar-refractivity contribution < 1.29 is 22.7 Å². The maximum atomic E-state index is 12.4. The molecule has 2 heterocycles. The fourth-order valence-electron chi connectivity index (χ4n) is 3.25. The third-order valence-corrected chi connectivity index (χ3v) is 5.85. The zero-order chi connectivity index (χ0) is 19.3. The van der Waals surface area contributed by atoms with Crippen LogP contribution < -0.4 is 10.6 Å². The molecule has 26 heavy (non-hydrogen) atoms. The van der Waals surface area contributed by atoms with Gasteiger partial charge in [-0.25, -0.2) is 22.3 Å². The van der Waals surface area contributed by atoms with Gasteiger partial charge in [-0.2, -0.15) is 0 Å². The highest BCUT2D eigenvalue weighted by molar-refractivity contribution is 7.88. The van der Waals surface area contributed by atoms with Crippen molar-refractivity contribution >= 4 is 22.0 Å². The van der Waals surface area contributed by atoms with Gasteiger partial charge in [0.05, 0.1) is 24.5 Å². The molecule has 0 bridgehead atoms. The molecule has 0 spiro atoms. The van der Waals surface area contributed by atoms with E-state index in [1.807, 2.05) is 6.92 Å². The lowest BCUT2D eigenvalue weighted by Gasteiger charge is -2.31. The van der Waals surface area contributed by atoms with Gasteiger partial charge < -0.3 is 15.4 Å². The van der Waals surface area contributed by atoms with Gasteiger partial charge in [-0.1, -0.05) is 6.92 Å². The molecule has 0 saturated carbocycles. The van der Waals surface area contributed by atoms with Crippen molar-refractivity contribution in [2.75, 3.05) is 45.6 Å². The highest BCUT2D eigenvalue weighted by Crippen LogP contribution is 2.19. The number of nitrogens with zero attached hydrogens (tertiary/aromatic N) is 2. The summed E-state index contributed by atoms with van der Waals surface area (Å²) in [6.07, 6.45) is 2.48. The maximum absolute atomic E-state index is 12.4. The van der Waals surface area contributed by atoms with Gasteiger partial charge in [0.2, 0.25) is 10.0 Å². The predicted octanol–water partition coefficient (Wildman–Crippen LogP) is -0.138. The first-order valence-corrected chi connectivity index (χ1v) is 10.8. The van der Waals surface area contributed by atoms with Crippen LogP contribution in [0.15, 0.2) is 11.3 Å². The largest absolute Gasteiger partial charge is 0.463 e. The summed E-state index contributed by atoms with van der Waals surface area (Å²) < 4.78 is 30.1. The van der Waals surface area contributed by atoms with E-state index in [1.165, 1.54) is 10.6 Å². The number of amides is 2. The van der Waals surface area contributed by atoms with Gasteiger partial charge in [-0.05, 0) is 26.3 Å².